The van der Waals surface area contributed by atoms with E-state index < -0.39 is 6.61 Å². The fourth-order valence-electron chi connectivity index (χ4n) is 1.85. The molecule has 2 N–H and O–H groups in total. The maximum absolute atomic E-state index is 12.4. The summed E-state index contributed by atoms with van der Waals surface area (Å²) in [6.45, 7) is -1.82. The number of halogens is 2. The van der Waals surface area contributed by atoms with Gasteiger partial charge in [0.25, 0.3) is 0 Å². The molecule has 0 aliphatic heterocycles. The fraction of sp³-hybridized carbons (Fsp3) is 0.286. The number of aromatic nitrogens is 2. The zero-order valence-electron chi connectivity index (χ0n) is 11.5. The monoisotopic (exact) mass is 294 g/mol. The van der Waals surface area contributed by atoms with Crippen LogP contribution in [0, 0.1) is 0 Å². The maximum atomic E-state index is 12.4. The van der Waals surface area contributed by atoms with Gasteiger partial charge in [0.05, 0.1) is 5.69 Å². The lowest BCUT2D eigenvalue weighted by Crippen LogP contribution is -2.26. The second-order valence-electron chi connectivity index (χ2n) is 4.33. The Morgan fingerprint density at radius 1 is 1.29 bits per heavy atom. The summed E-state index contributed by atoms with van der Waals surface area (Å²) >= 11 is 0. The number of alkyl halides is 2. The maximum Gasteiger partial charge on any atom is 0.387 e. The van der Waals surface area contributed by atoms with E-state index in [1.54, 1.807) is 35.4 Å². The first kappa shape index (κ1) is 15.1. The van der Waals surface area contributed by atoms with Crippen LogP contribution in [0.15, 0.2) is 36.5 Å². The predicted octanol–water partition coefficient (Wildman–Crippen LogP) is 2.14. The Labute approximate surface area is 121 Å². The van der Waals surface area contributed by atoms with E-state index in [0.29, 0.717) is 30.3 Å². The Hall–Kier alpha value is -2.28. The van der Waals surface area contributed by atoms with Crippen molar-refractivity contribution in [2.24, 2.45) is 5.73 Å². The van der Waals surface area contributed by atoms with Crippen molar-refractivity contribution >= 4 is 5.95 Å². The second kappa shape index (κ2) is 6.94. The number of para-hydroxylation sites is 1. The Morgan fingerprint density at radius 3 is 2.76 bits per heavy atom. The third-order valence-electron chi connectivity index (χ3n) is 2.83. The molecule has 21 heavy (non-hydrogen) atoms. The highest BCUT2D eigenvalue weighted by molar-refractivity contribution is 5.67. The molecule has 0 saturated carbocycles. The van der Waals surface area contributed by atoms with Crippen molar-refractivity contribution in [3.63, 3.8) is 0 Å². The molecule has 0 aliphatic rings. The first-order chi connectivity index (χ1) is 10.1. The van der Waals surface area contributed by atoms with Gasteiger partial charge >= 0.3 is 6.61 Å². The lowest BCUT2D eigenvalue weighted by molar-refractivity contribution is -0.0494. The van der Waals surface area contributed by atoms with Crippen LogP contribution in [0.4, 0.5) is 14.7 Å². The highest BCUT2D eigenvalue weighted by Gasteiger charge is 2.13. The van der Waals surface area contributed by atoms with Crippen LogP contribution in [0.2, 0.25) is 0 Å². The van der Waals surface area contributed by atoms with E-state index in [0.717, 1.165) is 0 Å². The zero-order valence-corrected chi connectivity index (χ0v) is 11.5. The van der Waals surface area contributed by atoms with Gasteiger partial charge in [-0.05, 0) is 18.2 Å². The molecule has 0 unspecified atom stereocenters. The minimum atomic E-state index is -2.88. The molecule has 0 spiro atoms. The lowest BCUT2D eigenvalue weighted by atomic mass is 10.1. The van der Waals surface area contributed by atoms with Gasteiger partial charge in [0.1, 0.15) is 5.75 Å². The van der Waals surface area contributed by atoms with Gasteiger partial charge in [0.2, 0.25) is 5.95 Å². The van der Waals surface area contributed by atoms with Crippen molar-refractivity contribution in [2.45, 2.75) is 6.61 Å². The Morgan fingerprint density at radius 2 is 2.05 bits per heavy atom. The zero-order chi connectivity index (χ0) is 15.2. The SMILES string of the molecule is CN(CCN)c1nccc(-c2ccccc2OC(F)F)n1. The van der Waals surface area contributed by atoms with E-state index >= 15 is 0 Å². The van der Waals surface area contributed by atoms with E-state index in [1.165, 1.54) is 6.07 Å². The number of nitrogens with zero attached hydrogens (tertiary/aromatic N) is 3. The molecule has 1 heterocycles. The van der Waals surface area contributed by atoms with Gasteiger partial charge in [-0.15, -0.1) is 0 Å². The van der Waals surface area contributed by atoms with Gasteiger partial charge in [0, 0.05) is 31.9 Å². The number of nitrogens with two attached hydrogens (primary N) is 1. The van der Waals surface area contributed by atoms with Gasteiger partial charge in [-0.25, -0.2) is 9.97 Å². The third kappa shape index (κ3) is 3.85. The topological polar surface area (TPSA) is 64.3 Å². The molecule has 5 nitrogen and oxygen atoms in total. The normalized spacial score (nSPS) is 10.7. The molecule has 0 amide bonds. The van der Waals surface area contributed by atoms with Gasteiger partial charge in [0.15, 0.2) is 0 Å². The largest absolute Gasteiger partial charge is 0.434 e. The molecule has 0 radical (unpaired) electrons. The number of rotatable bonds is 6. The van der Waals surface area contributed by atoms with Crippen molar-refractivity contribution in [3.05, 3.63) is 36.5 Å². The van der Waals surface area contributed by atoms with Crippen LogP contribution < -0.4 is 15.4 Å². The predicted molar refractivity (Wildman–Crippen MR) is 76.4 cm³/mol. The van der Waals surface area contributed by atoms with Crippen molar-refractivity contribution in [2.75, 3.05) is 25.0 Å². The van der Waals surface area contributed by atoms with E-state index in [-0.39, 0.29) is 5.75 Å². The van der Waals surface area contributed by atoms with Crippen molar-refractivity contribution in [3.8, 4) is 17.0 Å². The molecule has 112 valence electrons. The number of anilines is 1. The molecule has 2 aromatic rings. The number of ether oxygens (including phenoxy) is 1. The van der Waals surface area contributed by atoms with Gasteiger partial charge in [-0.3, -0.25) is 0 Å². The highest BCUT2D eigenvalue weighted by atomic mass is 19.3. The summed E-state index contributed by atoms with van der Waals surface area (Å²) in [5.74, 6) is 0.559. The second-order valence-corrected chi connectivity index (χ2v) is 4.33. The Kier molecular flexibility index (Phi) is 4.99. The Bertz CT molecular complexity index is 595. The van der Waals surface area contributed by atoms with Gasteiger partial charge in [-0.1, -0.05) is 12.1 Å². The van der Waals surface area contributed by atoms with Crippen LogP contribution >= 0.6 is 0 Å². The highest BCUT2D eigenvalue weighted by Crippen LogP contribution is 2.30. The Balaban J connectivity index is 2.36. The van der Waals surface area contributed by atoms with Crippen LogP contribution in [0.3, 0.4) is 0 Å². The molecule has 7 heteroatoms. The summed E-state index contributed by atoms with van der Waals surface area (Å²) in [7, 11) is 1.81. The van der Waals surface area contributed by atoms with Crippen molar-refractivity contribution in [1.82, 2.24) is 9.97 Å². The lowest BCUT2D eigenvalue weighted by Gasteiger charge is -2.16. The van der Waals surface area contributed by atoms with E-state index in [4.69, 9.17) is 5.73 Å². The molecular weight excluding hydrogens is 278 g/mol. The van der Waals surface area contributed by atoms with Crippen LogP contribution in [-0.2, 0) is 0 Å². The summed E-state index contributed by atoms with van der Waals surface area (Å²) in [4.78, 5) is 10.3. The summed E-state index contributed by atoms with van der Waals surface area (Å²) in [5.41, 5.74) is 6.50. The summed E-state index contributed by atoms with van der Waals surface area (Å²) in [5, 5.41) is 0. The van der Waals surface area contributed by atoms with E-state index in [1.807, 2.05) is 7.05 Å². The summed E-state index contributed by atoms with van der Waals surface area (Å²) in [6, 6.07) is 8.16. The van der Waals surface area contributed by atoms with Crippen LogP contribution in [0.1, 0.15) is 0 Å². The molecule has 1 aromatic carbocycles. The number of likely N-dealkylation sites (N-methyl/N-ethyl adjacent to an activating group) is 1. The van der Waals surface area contributed by atoms with E-state index in [9.17, 15) is 8.78 Å². The molecule has 0 aliphatic carbocycles. The molecule has 0 atom stereocenters. The molecular formula is C14H16F2N4O. The molecule has 0 saturated heterocycles. The van der Waals surface area contributed by atoms with Crippen LogP contribution in [0.5, 0.6) is 5.75 Å². The average Bonchev–Trinajstić information content (AvgIpc) is 2.47. The minimum Gasteiger partial charge on any atom is -0.434 e. The smallest absolute Gasteiger partial charge is 0.387 e. The average molecular weight is 294 g/mol. The van der Waals surface area contributed by atoms with Crippen molar-refractivity contribution in [1.29, 1.82) is 0 Å². The quantitative estimate of drug-likeness (QED) is 0.884. The fourth-order valence-corrected chi connectivity index (χ4v) is 1.85. The number of hydrogen-bond donors (Lipinski definition) is 1. The standard InChI is InChI=1S/C14H16F2N4O/c1-20(9-7-17)14-18-8-6-11(19-14)10-4-2-3-5-12(10)21-13(15)16/h2-6,8,13H,7,9,17H2,1H3. The number of hydrogen-bond acceptors (Lipinski definition) is 5. The molecule has 1 aromatic heterocycles. The first-order valence-electron chi connectivity index (χ1n) is 6.40. The molecule has 0 fully saturated rings. The number of benzene rings is 1. The van der Waals surface area contributed by atoms with Gasteiger partial charge < -0.3 is 15.4 Å². The summed E-state index contributed by atoms with van der Waals surface area (Å²) in [6.07, 6.45) is 1.57. The van der Waals surface area contributed by atoms with Gasteiger partial charge in [-0.2, -0.15) is 8.78 Å². The van der Waals surface area contributed by atoms with Crippen molar-refractivity contribution < 1.29 is 13.5 Å². The van der Waals surface area contributed by atoms with Crippen LogP contribution in [0.25, 0.3) is 11.3 Å². The molecule has 2 rings (SSSR count). The minimum absolute atomic E-state index is 0.0821. The first-order valence-corrected chi connectivity index (χ1v) is 6.40. The molecule has 0 bridgehead atoms. The summed E-state index contributed by atoms with van der Waals surface area (Å²) < 4.78 is 29.4. The van der Waals surface area contributed by atoms with E-state index in [2.05, 4.69) is 14.7 Å². The third-order valence-corrected chi connectivity index (χ3v) is 2.83. The van der Waals surface area contributed by atoms with Crippen LogP contribution in [-0.4, -0.2) is 36.7 Å².